The molecule has 96 valence electrons. The minimum Gasteiger partial charge on any atom is -0.349 e. The minimum atomic E-state index is 0.461. The summed E-state index contributed by atoms with van der Waals surface area (Å²) in [4.78, 5) is 7.36. The molecular weight excluding hydrogens is 222 g/mol. The second kappa shape index (κ2) is 6.97. The van der Waals surface area contributed by atoms with Crippen molar-refractivity contribution in [3.8, 4) is 0 Å². The van der Waals surface area contributed by atoms with Gasteiger partial charge in [-0.1, -0.05) is 37.3 Å². The first kappa shape index (κ1) is 12.8. The summed E-state index contributed by atoms with van der Waals surface area (Å²) in [5.41, 5.74) is 1.37. The van der Waals surface area contributed by atoms with Crippen molar-refractivity contribution >= 4 is 0 Å². The van der Waals surface area contributed by atoms with Crippen LogP contribution in [0.25, 0.3) is 0 Å². The second-order valence-electron chi connectivity index (χ2n) is 4.47. The molecule has 0 aliphatic carbocycles. The molecule has 1 unspecified atom stereocenters. The molecule has 2 rings (SSSR count). The Morgan fingerprint density at radius 1 is 1.28 bits per heavy atom. The highest BCUT2D eigenvalue weighted by atomic mass is 14.9. The van der Waals surface area contributed by atoms with Gasteiger partial charge in [-0.3, -0.25) is 0 Å². The molecule has 0 saturated heterocycles. The maximum Gasteiger partial charge on any atom is 0.106 e. The van der Waals surface area contributed by atoms with Gasteiger partial charge in [0.1, 0.15) is 5.82 Å². The van der Waals surface area contributed by atoms with E-state index in [1.54, 1.807) is 0 Å². The maximum atomic E-state index is 4.23. The zero-order chi connectivity index (χ0) is 12.6. The molecule has 3 heteroatoms. The largest absolute Gasteiger partial charge is 0.349 e. The molecule has 0 fully saturated rings. The van der Waals surface area contributed by atoms with Gasteiger partial charge in [0, 0.05) is 24.9 Å². The highest BCUT2D eigenvalue weighted by Gasteiger charge is 2.07. The molecule has 0 bridgehead atoms. The van der Waals surface area contributed by atoms with Gasteiger partial charge >= 0.3 is 0 Å². The smallest absolute Gasteiger partial charge is 0.106 e. The van der Waals surface area contributed by atoms with E-state index in [-0.39, 0.29) is 0 Å². The number of hydrogen-bond donors (Lipinski definition) is 2. The Labute approximate surface area is 109 Å². The molecule has 2 N–H and O–H groups in total. The molecule has 0 aliphatic heterocycles. The van der Waals surface area contributed by atoms with Gasteiger partial charge in [-0.05, 0) is 24.9 Å². The molecule has 0 spiro atoms. The topological polar surface area (TPSA) is 40.7 Å². The Morgan fingerprint density at radius 3 is 2.78 bits per heavy atom. The normalized spacial score (nSPS) is 12.5. The summed E-state index contributed by atoms with van der Waals surface area (Å²) in [7, 11) is 0. The summed E-state index contributed by atoms with van der Waals surface area (Å²) in [6.45, 7) is 3.24. The lowest BCUT2D eigenvalue weighted by molar-refractivity contribution is 0.508. The molecular formula is C15H21N3. The van der Waals surface area contributed by atoms with Crippen molar-refractivity contribution in [3.63, 3.8) is 0 Å². The third kappa shape index (κ3) is 3.70. The summed E-state index contributed by atoms with van der Waals surface area (Å²) >= 11 is 0. The molecule has 0 amide bonds. The molecule has 18 heavy (non-hydrogen) atoms. The number of rotatable bonds is 7. The van der Waals surface area contributed by atoms with Crippen molar-refractivity contribution in [1.29, 1.82) is 0 Å². The molecule has 1 heterocycles. The zero-order valence-corrected chi connectivity index (χ0v) is 10.9. The van der Waals surface area contributed by atoms with Gasteiger partial charge in [0.15, 0.2) is 0 Å². The molecule has 0 radical (unpaired) electrons. The van der Waals surface area contributed by atoms with Gasteiger partial charge in [0.2, 0.25) is 0 Å². The number of aromatic amines is 1. The van der Waals surface area contributed by atoms with Crippen LogP contribution in [0.15, 0.2) is 42.7 Å². The summed E-state index contributed by atoms with van der Waals surface area (Å²) < 4.78 is 0. The van der Waals surface area contributed by atoms with Crippen LogP contribution in [0.1, 0.15) is 37.2 Å². The number of benzene rings is 1. The first-order valence-electron chi connectivity index (χ1n) is 6.66. The zero-order valence-electron chi connectivity index (χ0n) is 10.9. The van der Waals surface area contributed by atoms with E-state index in [9.17, 15) is 0 Å². The molecule has 0 aliphatic rings. The predicted molar refractivity (Wildman–Crippen MR) is 74.4 cm³/mol. The Morgan fingerprint density at radius 2 is 2.11 bits per heavy atom. The van der Waals surface area contributed by atoms with Crippen molar-refractivity contribution in [1.82, 2.24) is 15.3 Å². The third-order valence-corrected chi connectivity index (χ3v) is 3.15. The third-order valence-electron chi connectivity index (χ3n) is 3.15. The lowest BCUT2D eigenvalue weighted by atomic mass is 10.0. The summed E-state index contributed by atoms with van der Waals surface area (Å²) in [5.74, 6) is 1.07. The number of nitrogens with zero attached hydrogens (tertiary/aromatic N) is 1. The van der Waals surface area contributed by atoms with Crippen molar-refractivity contribution in [2.24, 2.45) is 0 Å². The van der Waals surface area contributed by atoms with E-state index in [4.69, 9.17) is 0 Å². The monoisotopic (exact) mass is 243 g/mol. The summed E-state index contributed by atoms with van der Waals surface area (Å²) in [6, 6.07) is 11.1. The van der Waals surface area contributed by atoms with E-state index >= 15 is 0 Å². The number of imidazole rings is 1. The maximum absolute atomic E-state index is 4.23. The fourth-order valence-electron chi connectivity index (χ4n) is 2.15. The van der Waals surface area contributed by atoms with Crippen LogP contribution in [0.3, 0.4) is 0 Å². The van der Waals surface area contributed by atoms with Gasteiger partial charge < -0.3 is 10.3 Å². The van der Waals surface area contributed by atoms with Crippen LogP contribution in [-0.4, -0.2) is 16.5 Å². The van der Waals surface area contributed by atoms with Crippen LogP contribution in [-0.2, 0) is 6.42 Å². The minimum absolute atomic E-state index is 0.461. The number of nitrogens with one attached hydrogen (secondary N) is 2. The summed E-state index contributed by atoms with van der Waals surface area (Å²) in [6.07, 6.45) is 6.91. The molecule has 3 nitrogen and oxygen atoms in total. The predicted octanol–water partition coefficient (Wildman–Crippen LogP) is 3.08. The second-order valence-corrected chi connectivity index (χ2v) is 4.47. The van der Waals surface area contributed by atoms with Gasteiger partial charge in [-0.25, -0.2) is 4.98 Å². The van der Waals surface area contributed by atoms with E-state index in [1.165, 1.54) is 5.56 Å². The summed E-state index contributed by atoms with van der Waals surface area (Å²) in [5, 5.41) is 3.61. The van der Waals surface area contributed by atoms with Crippen LogP contribution >= 0.6 is 0 Å². The first-order chi connectivity index (χ1) is 8.90. The first-order valence-corrected chi connectivity index (χ1v) is 6.66. The van der Waals surface area contributed by atoms with Crippen LogP contribution in [0.5, 0.6) is 0 Å². The number of hydrogen-bond acceptors (Lipinski definition) is 2. The average Bonchev–Trinajstić information content (AvgIpc) is 2.93. The molecule has 1 atom stereocenters. The van der Waals surface area contributed by atoms with Crippen LogP contribution in [0.4, 0.5) is 0 Å². The molecule has 1 aromatic heterocycles. The van der Waals surface area contributed by atoms with Crippen LogP contribution in [0.2, 0.25) is 0 Å². The molecule has 2 aromatic rings. The highest BCUT2D eigenvalue weighted by Crippen LogP contribution is 2.15. The van der Waals surface area contributed by atoms with Crippen molar-refractivity contribution in [3.05, 3.63) is 54.1 Å². The SMILES string of the molecule is CCC(NCCCc1ncc[nH]1)c1ccccc1. The molecule has 0 saturated carbocycles. The van der Waals surface area contributed by atoms with E-state index < -0.39 is 0 Å². The lowest BCUT2D eigenvalue weighted by Crippen LogP contribution is -2.22. The Bertz CT molecular complexity index is 422. The Hall–Kier alpha value is -1.61. The van der Waals surface area contributed by atoms with Crippen molar-refractivity contribution in [2.45, 2.75) is 32.2 Å². The highest BCUT2D eigenvalue weighted by molar-refractivity contribution is 5.18. The lowest BCUT2D eigenvalue weighted by Gasteiger charge is -2.17. The van der Waals surface area contributed by atoms with E-state index in [0.29, 0.717) is 6.04 Å². The van der Waals surface area contributed by atoms with E-state index in [2.05, 4.69) is 52.5 Å². The van der Waals surface area contributed by atoms with Crippen LogP contribution in [0, 0.1) is 0 Å². The number of aromatic nitrogens is 2. The van der Waals surface area contributed by atoms with Crippen molar-refractivity contribution < 1.29 is 0 Å². The van der Waals surface area contributed by atoms with Crippen LogP contribution < -0.4 is 5.32 Å². The molecule has 1 aromatic carbocycles. The standard InChI is InChI=1S/C15H21N3/c1-2-14(13-7-4-3-5-8-13)16-10-6-9-15-17-11-12-18-15/h3-5,7-8,11-12,14,16H,2,6,9-10H2,1H3,(H,17,18). The average molecular weight is 243 g/mol. The fourth-order valence-corrected chi connectivity index (χ4v) is 2.15. The van der Waals surface area contributed by atoms with Gasteiger partial charge in [-0.15, -0.1) is 0 Å². The number of aryl methyl sites for hydroxylation is 1. The van der Waals surface area contributed by atoms with Crippen molar-refractivity contribution in [2.75, 3.05) is 6.54 Å². The fraction of sp³-hybridized carbons (Fsp3) is 0.400. The van der Waals surface area contributed by atoms with E-state index in [1.807, 2.05) is 12.4 Å². The number of H-pyrrole nitrogens is 1. The quantitative estimate of drug-likeness (QED) is 0.734. The Kier molecular flexibility index (Phi) is 4.97. The van der Waals surface area contributed by atoms with Gasteiger partial charge in [0.05, 0.1) is 0 Å². The Balaban J connectivity index is 1.74. The van der Waals surface area contributed by atoms with E-state index in [0.717, 1.165) is 31.6 Å². The van der Waals surface area contributed by atoms with Gasteiger partial charge in [0.25, 0.3) is 0 Å². The van der Waals surface area contributed by atoms with Gasteiger partial charge in [-0.2, -0.15) is 0 Å².